The third-order valence-corrected chi connectivity index (χ3v) is 5.68. The molecule has 0 bridgehead atoms. The van der Waals surface area contributed by atoms with Crippen molar-refractivity contribution < 1.29 is 9.21 Å². The average molecular weight is 402 g/mol. The van der Waals surface area contributed by atoms with Crippen LogP contribution >= 0.6 is 23.4 Å². The molecular formula is C20H20ClN3O2S. The highest BCUT2D eigenvalue weighted by Gasteiger charge is 2.20. The van der Waals surface area contributed by atoms with E-state index >= 15 is 0 Å². The van der Waals surface area contributed by atoms with Gasteiger partial charge in [-0.2, -0.15) is 0 Å². The number of nitrogens with one attached hydrogen (secondary N) is 1. The number of halogens is 1. The molecule has 7 heteroatoms. The molecule has 0 saturated heterocycles. The Morgan fingerprint density at radius 2 is 1.93 bits per heavy atom. The maximum absolute atomic E-state index is 12.5. The van der Waals surface area contributed by atoms with Gasteiger partial charge in [-0.15, -0.1) is 10.2 Å². The van der Waals surface area contributed by atoms with E-state index in [4.69, 9.17) is 16.0 Å². The van der Waals surface area contributed by atoms with Crippen LogP contribution < -0.4 is 5.32 Å². The molecule has 0 saturated carbocycles. The first kappa shape index (κ1) is 19.5. The fourth-order valence-corrected chi connectivity index (χ4v) is 3.29. The third kappa shape index (κ3) is 4.51. The van der Waals surface area contributed by atoms with Crippen molar-refractivity contribution in [3.05, 3.63) is 58.1 Å². The quantitative estimate of drug-likeness (QED) is 0.577. The van der Waals surface area contributed by atoms with Gasteiger partial charge in [0.25, 0.3) is 5.22 Å². The molecule has 1 N–H and O–H groups in total. The molecule has 1 amide bonds. The van der Waals surface area contributed by atoms with Crippen molar-refractivity contribution in [2.45, 2.75) is 38.2 Å². The molecule has 1 atom stereocenters. The van der Waals surface area contributed by atoms with Crippen molar-refractivity contribution in [2.24, 2.45) is 0 Å². The van der Waals surface area contributed by atoms with E-state index in [-0.39, 0.29) is 5.91 Å². The van der Waals surface area contributed by atoms with Crippen LogP contribution in [0.15, 0.2) is 46.0 Å². The van der Waals surface area contributed by atoms with E-state index in [9.17, 15) is 4.79 Å². The first-order valence-electron chi connectivity index (χ1n) is 8.49. The first-order valence-corrected chi connectivity index (χ1v) is 9.74. The van der Waals surface area contributed by atoms with Crippen LogP contribution in [0.3, 0.4) is 0 Å². The molecule has 0 fully saturated rings. The minimum absolute atomic E-state index is 0.156. The number of carbonyl (C=O) groups excluding carboxylic acids is 1. The Bertz CT molecular complexity index is 987. The highest BCUT2D eigenvalue weighted by molar-refractivity contribution is 8.00. The second kappa shape index (κ2) is 8.15. The van der Waals surface area contributed by atoms with Crippen LogP contribution in [-0.2, 0) is 4.79 Å². The number of amides is 1. The van der Waals surface area contributed by atoms with E-state index in [1.165, 1.54) is 17.3 Å². The smallest absolute Gasteiger partial charge is 0.277 e. The van der Waals surface area contributed by atoms with Crippen LogP contribution in [0.25, 0.3) is 11.5 Å². The Morgan fingerprint density at radius 1 is 1.15 bits per heavy atom. The molecule has 3 aromatic rings. The van der Waals surface area contributed by atoms with Gasteiger partial charge in [0.2, 0.25) is 11.8 Å². The van der Waals surface area contributed by atoms with Crippen LogP contribution in [-0.4, -0.2) is 21.4 Å². The van der Waals surface area contributed by atoms with Crippen molar-refractivity contribution >= 4 is 35.0 Å². The monoisotopic (exact) mass is 401 g/mol. The van der Waals surface area contributed by atoms with E-state index in [1.807, 2.05) is 38.1 Å². The molecule has 0 aliphatic heterocycles. The van der Waals surface area contributed by atoms with Crippen molar-refractivity contribution in [1.82, 2.24) is 10.2 Å². The van der Waals surface area contributed by atoms with E-state index in [0.717, 1.165) is 16.7 Å². The minimum Gasteiger partial charge on any atom is -0.411 e. The Balaban J connectivity index is 1.68. The van der Waals surface area contributed by atoms with Crippen molar-refractivity contribution in [2.75, 3.05) is 5.32 Å². The second-order valence-electron chi connectivity index (χ2n) is 6.33. The molecule has 2 aromatic carbocycles. The van der Waals surface area contributed by atoms with Gasteiger partial charge in [-0.1, -0.05) is 35.5 Å². The van der Waals surface area contributed by atoms with E-state index < -0.39 is 5.25 Å². The summed E-state index contributed by atoms with van der Waals surface area (Å²) in [7, 11) is 0. The summed E-state index contributed by atoms with van der Waals surface area (Å²) in [5.41, 5.74) is 4.75. The molecule has 0 spiro atoms. The first-order chi connectivity index (χ1) is 12.8. The van der Waals surface area contributed by atoms with Gasteiger partial charge in [-0.05, 0) is 68.7 Å². The zero-order valence-electron chi connectivity index (χ0n) is 15.5. The fraction of sp³-hybridized carbons (Fsp3) is 0.250. The standard InChI is InChI=1S/C20H20ClN3O2S/c1-11-8-9-15(10-12(11)2)19-23-24-20(26-19)27-14(4)18(25)22-17-7-5-6-16(21)13(17)3/h5-10,14H,1-4H3,(H,22,25)/t14-/m0/s1. The molecule has 1 heterocycles. The lowest BCUT2D eigenvalue weighted by molar-refractivity contribution is -0.115. The number of aryl methyl sites for hydroxylation is 2. The lowest BCUT2D eigenvalue weighted by Crippen LogP contribution is -2.22. The van der Waals surface area contributed by atoms with Gasteiger partial charge in [-0.25, -0.2) is 0 Å². The summed E-state index contributed by atoms with van der Waals surface area (Å²) in [5, 5.41) is 11.6. The van der Waals surface area contributed by atoms with Gasteiger partial charge in [0.05, 0.1) is 5.25 Å². The van der Waals surface area contributed by atoms with Crippen molar-refractivity contribution in [3.63, 3.8) is 0 Å². The fourth-order valence-electron chi connectivity index (χ4n) is 2.43. The number of benzene rings is 2. The third-order valence-electron chi connectivity index (χ3n) is 4.33. The van der Waals surface area contributed by atoms with E-state index in [2.05, 4.69) is 22.4 Å². The molecule has 0 aliphatic carbocycles. The van der Waals surface area contributed by atoms with Crippen LogP contribution in [0.1, 0.15) is 23.6 Å². The van der Waals surface area contributed by atoms with Gasteiger partial charge in [0.15, 0.2) is 0 Å². The minimum atomic E-state index is -0.406. The lowest BCUT2D eigenvalue weighted by Gasteiger charge is -2.12. The van der Waals surface area contributed by atoms with Crippen molar-refractivity contribution in [1.29, 1.82) is 0 Å². The molecule has 0 aliphatic rings. The van der Waals surface area contributed by atoms with Gasteiger partial charge in [-0.3, -0.25) is 4.79 Å². The van der Waals surface area contributed by atoms with Crippen LogP contribution in [0.2, 0.25) is 5.02 Å². The number of nitrogens with zero attached hydrogens (tertiary/aromatic N) is 2. The zero-order chi connectivity index (χ0) is 19.6. The summed E-state index contributed by atoms with van der Waals surface area (Å²) in [5.74, 6) is 0.287. The molecule has 5 nitrogen and oxygen atoms in total. The lowest BCUT2D eigenvalue weighted by atomic mass is 10.1. The van der Waals surface area contributed by atoms with Gasteiger partial charge >= 0.3 is 0 Å². The molecule has 27 heavy (non-hydrogen) atoms. The second-order valence-corrected chi connectivity index (χ2v) is 8.03. The maximum atomic E-state index is 12.5. The van der Waals surface area contributed by atoms with Crippen LogP contribution in [0.4, 0.5) is 5.69 Å². The Hall–Kier alpha value is -2.31. The van der Waals surface area contributed by atoms with Crippen molar-refractivity contribution in [3.8, 4) is 11.5 Å². The molecule has 0 unspecified atom stereocenters. The molecular weight excluding hydrogens is 382 g/mol. The zero-order valence-corrected chi connectivity index (χ0v) is 17.1. The Labute approximate surface area is 167 Å². The van der Waals surface area contributed by atoms with Crippen LogP contribution in [0.5, 0.6) is 0 Å². The molecule has 0 radical (unpaired) electrons. The van der Waals surface area contributed by atoms with Gasteiger partial charge in [0, 0.05) is 16.3 Å². The SMILES string of the molecule is Cc1ccc(-c2nnc(S[C@@H](C)C(=O)Nc3cccc(Cl)c3C)o2)cc1C. The number of hydrogen-bond acceptors (Lipinski definition) is 5. The number of thioether (sulfide) groups is 1. The molecule has 3 rings (SSSR count). The topological polar surface area (TPSA) is 68.0 Å². The number of rotatable bonds is 5. The Morgan fingerprint density at radius 3 is 2.67 bits per heavy atom. The van der Waals surface area contributed by atoms with Crippen LogP contribution in [0, 0.1) is 20.8 Å². The predicted molar refractivity (Wildman–Crippen MR) is 109 cm³/mol. The van der Waals surface area contributed by atoms with E-state index in [1.54, 1.807) is 19.1 Å². The predicted octanol–water partition coefficient (Wildman–Crippen LogP) is 5.43. The average Bonchev–Trinajstić information content (AvgIpc) is 3.09. The number of anilines is 1. The number of aromatic nitrogens is 2. The highest BCUT2D eigenvalue weighted by Crippen LogP contribution is 2.28. The van der Waals surface area contributed by atoms with Gasteiger partial charge < -0.3 is 9.73 Å². The number of carbonyl (C=O) groups is 1. The summed E-state index contributed by atoms with van der Waals surface area (Å²) in [6.07, 6.45) is 0. The largest absolute Gasteiger partial charge is 0.411 e. The van der Waals surface area contributed by atoms with Gasteiger partial charge in [0.1, 0.15) is 0 Å². The normalized spacial score (nSPS) is 12.0. The maximum Gasteiger partial charge on any atom is 0.277 e. The Kier molecular flexibility index (Phi) is 5.87. The molecule has 1 aromatic heterocycles. The summed E-state index contributed by atoms with van der Waals surface area (Å²) in [4.78, 5) is 12.5. The number of hydrogen-bond donors (Lipinski definition) is 1. The summed E-state index contributed by atoms with van der Waals surface area (Å²) in [6.45, 7) is 7.74. The van der Waals surface area contributed by atoms with E-state index in [0.29, 0.717) is 21.8 Å². The summed E-state index contributed by atoms with van der Waals surface area (Å²) < 4.78 is 5.72. The molecule has 140 valence electrons. The highest BCUT2D eigenvalue weighted by atomic mass is 35.5. The summed E-state index contributed by atoms with van der Waals surface area (Å²) >= 11 is 7.32. The summed E-state index contributed by atoms with van der Waals surface area (Å²) in [6, 6.07) is 11.4.